The van der Waals surface area contributed by atoms with Gasteiger partial charge in [-0.25, -0.2) is 4.98 Å². The standard InChI is InChI=1S/C12H19F3N2OS/c1-5-18-10(7(2)3)9(16-4)8-6-17-11(19-8)12(13,14)15/h6-7,9-10,16H,5H2,1-4H3. The minimum atomic E-state index is -4.39. The first kappa shape index (κ1) is 16.4. The molecule has 1 heterocycles. The average Bonchev–Trinajstić information content (AvgIpc) is 2.77. The molecular weight excluding hydrogens is 277 g/mol. The first-order valence-corrected chi connectivity index (χ1v) is 6.94. The lowest BCUT2D eigenvalue weighted by atomic mass is 9.98. The molecule has 7 heteroatoms. The fourth-order valence-electron chi connectivity index (χ4n) is 1.90. The highest BCUT2D eigenvalue weighted by atomic mass is 32.1. The lowest BCUT2D eigenvalue weighted by molar-refractivity contribution is -0.137. The topological polar surface area (TPSA) is 34.1 Å². The molecule has 0 aliphatic rings. The summed E-state index contributed by atoms with van der Waals surface area (Å²) < 4.78 is 43.4. The molecule has 3 nitrogen and oxygen atoms in total. The second-order valence-electron chi connectivity index (χ2n) is 4.50. The smallest absolute Gasteiger partial charge is 0.376 e. The molecule has 0 saturated heterocycles. The number of halogens is 3. The predicted octanol–water partition coefficient (Wildman–Crippen LogP) is 3.48. The van der Waals surface area contributed by atoms with Crippen molar-refractivity contribution in [2.45, 2.75) is 39.1 Å². The Labute approximate surface area is 115 Å². The third-order valence-electron chi connectivity index (χ3n) is 2.73. The van der Waals surface area contributed by atoms with Gasteiger partial charge in [-0.05, 0) is 19.9 Å². The van der Waals surface area contributed by atoms with Crippen molar-refractivity contribution >= 4 is 11.3 Å². The number of nitrogens with one attached hydrogen (secondary N) is 1. The van der Waals surface area contributed by atoms with Crippen molar-refractivity contribution < 1.29 is 17.9 Å². The summed E-state index contributed by atoms with van der Waals surface area (Å²) in [6.45, 7) is 6.36. The van der Waals surface area contributed by atoms with Crippen molar-refractivity contribution in [1.82, 2.24) is 10.3 Å². The van der Waals surface area contributed by atoms with E-state index in [4.69, 9.17) is 4.74 Å². The fourth-order valence-corrected chi connectivity index (χ4v) is 2.82. The highest BCUT2D eigenvalue weighted by Gasteiger charge is 2.36. The highest BCUT2D eigenvalue weighted by molar-refractivity contribution is 7.11. The van der Waals surface area contributed by atoms with Gasteiger partial charge in [0.25, 0.3) is 0 Å². The monoisotopic (exact) mass is 296 g/mol. The van der Waals surface area contributed by atoms with Gasteiger partial charge in [0.1, 0.15) is 0 Å². The van der Waals surface area contributed by atoms with Crippen LogP contribution in [0.1, 0.15) is 36.7 Å². The van der Waals surface area contributed by atoms with Gasteiger partial charge in [-0.3, -0.25) is 0 Å². The van der Waals surface area contributed by atoms with E-state index in [0.29, 0.717) is 22.8 Å². The number of ether oxygens (including phenoxy) is 1. The molecule has 0 aliphatic carbocycles. The van der Waals surface area contributed by atoms with Gasteiger partial charge in [-0.1, -0.05) is 13.8 Å². The Morgan fingerprint density at radius 2 is 2.05 bits per heavy atom. The van der Waals surface area contributed by atoms with Crippen LogP contribution in [0.15, 0.2) is 6.20 Å². The van der Waals surface area contributed by atoms with E-state index in [-0.39, 0.29) is 18.1 Å². The maximum Gasteiger partial charge on any atom is 0.443 e. The van der Waals surface area contributed by atoms with E-state index in [1.807, 2.05) is 20.8 Å². The average molecular weight is 296 g/mol. The van der Waals surface area contributed by atoms with Crippen molar-refractivity contribution in [3.05, 3.63) is 16.1 Å². The van der Waals surface area contributed by atoms with Crippen LogP contribution in [-0.2, 0) is 10.9 Å². The Morgan fingerprint density at radius 1 is 1.42 bits per heavy atom. The quantitative estimate of drug-likeness (QED) is 0.872. The zero-order valence-corrected chi connectivity index (χ0v) is 12.2. The van der Waals surface area contributed by atoms with Crippen molar-refractivity contribution in [2.75, 3.05) is 13.7 Å². The molecule has 19 heavy (non-hydrogen) atoms. The van der Waals surface area contributed by atoms with Crippen LogP contribution in [0.4, 0.5) is 13.2 Å². The molecule has 110 valence electrons. The minimum absolute atomic E-state index is 0.184. The first-order chi connectivity index (χ1) is 8.81. The summed E-state index contributed by atoms with van der Waals surface area (Å²) in [7, 11) is 1.71. The summed E-state index contributed by atoms with van der Waals surface area (Å²) in [5.41, 5.74) is 0. The van der Waals surface area contributed by atoms with Gasteiger partial charge in [0.05, 0.1) is 12.1 Å². The number of hydrogen-bond acceptors (Lipinski definition) is 4. The maximum atomic E-state index is 12.6. The van der Waals surface area contributed by atoms with Crippen LogP contribution in [0.2, 0.25) is 0 Å². The summed E-state index contributed by atoms with van der Waals surface area (Å²) in [4.78, 5) is 4.00. The number of alkyl halides is 3. The van der Waals surface area contributed by atoms with Gasteiger partial charge in [-0.15, -0.1) is 11.3 Å². The third-order valence-corrected chi connectivity index (χ3v) is 3.85. The van der Waals surface area contributed by atoms with E-state index in [0.717, 1.165) is 0 Å². The van der Waals surface area contributed by atoms with E-state index in [1.165, 1.54) is 6.20 Å². The molecule has 0 fully saturated rings. The van der Waals surface area contributed by atoms with Gasteiger partial charge in [0.15, 0.2) is 5.01 Å². The molecule has 1 aromatic rings. The fraction of sp³-hybridized carbons (Fsp3) is 0.750. The molecular formula is C12H19F3N2OS. The molecule has 0 aliphatic heterocycles. The Balaban J connectivity index is 2.98. The Morgan fingerprint density at radius 3 is 2.42 bits per heavy atom. The molecule has 0 bridgehead atoms. The molecule has 1 aromatic heterocycles. The number of thiazole rings is 1. The number of rotatable bonds is 6. The molecule has 2 unspecified atom stereocenters. The maximum absolute atomic E-state index is 12.6. The lowest BCUT2D eigenvalue weighted by Crippen LogP contribution is -2.35. The van der Waals surface area contributed by atoms with Crippen LogP contribution in [0.25, 0.3) is 0 Å². The summed E-state index contributed by atoms with van der Waals surface area (Å²) in [5, 5.41) is 2.21. The van der Waals surface area contributed by atoms with Crippen LogP contribution in [0, 0.1) is 5.92 Å². The van der Waals surface area contributed by atoms with Gasteiger partial charge >= 0.3 is 6.18 Å². The van der Waals surface area contributed by atoms with Crippen LogP contribution < -0.4 is 5.32 Å². The van der Waals surface area contributed by atoms with Crippen LogP contribution >= 0.6 is 11.3 Å². The minimum Gasteiger partial charge on any atom is -0.376 e. The van der Waals surface area contributed by atoms with Crippen molar-refractivity contribution in [3.63, 3.8) is 0 Å². The number of nitrogens with zero attached hydrogens (tertiary/aromatic N) is 1. The summed E-state index contributed by atoms with van der Waals surface area (Å²) in [6, 6.07) is -0.284. The Hall–Kier alpha value is -0.660. The van der Waals surface area contributed by atoms with Gasteiger partial charge < -0.3 is 10.1 Å². The van der Waals surface area contributed by atoms with E-state index < -0.39 is 11.2 Å². The zero-order chi connectivity index (χ0) is 14.6. The second kappa shape index (κ2) is 6.67. The van der Waals surface area contributed by atoms with Crippen LogP contribution in [0.3, 0.4) is 0 Å². The van der Waals surface area contributed by atoms with Crippen molar-refractivity contribution in [1.29, 1.82) is 0 Å². The SMILES string of the molecule is CCOC(C(C)C)C(NC)c1cnc(C(F)(F)F)s1. The van der Waals surface area contributed by atoms with E-state index >= 15 is 0 Å². The molecule has 0 radical (unpaired) electrons. The Bertz CT molecular complexity index is 393. The molecule has 0 spiro atoms. The van der Waals surface area contributed by atoms with Gasteiger partial charge in [0.2, 0.25) is 0 Å². The van der Waals surface area contributed by atoms with E-state index in [2.05, 4.69) is 10.3 Å². The third kappa shape index (κ3) is 4.15. The second-order valence-corrected chi connectivity index (χ2v) is 5.56. The van der Waals surface area contributed by atoms with E-state index in [9.17, 15) is 13.2 Å². The normalized spacial score (nSPS) is 15.8. The lowest BCUT2D eigenvalue weighted by Gasteiger charge is -2.28. The first-order valence-electron chi connectivity index (χ1n) is 6.13. The van der Waals surface area contributed by atoms with Crippen LogP contribution in [0.5, 0.6) is 0 Å². The summed E-state index contributed by atoms with van der Waals surface area (Å²) >= 11 is 0.665. The number of aromatic nitrogens is 1. The number of hydrogen-bond donors (Lipinski definition) is 1. The van der Waals surface area contributed by atoms with E-state index in [1.54, 1.807) is 7.05 Å². The van der Waals surface area contributed by atoms with Crippen molar-refractivity contribution in [3.8, 4) is 0 Å². The molecule has 0 aromatic carbocycles. The number of likely N-dealkylation sites (N-methyl/N-ethyl adjacent to an activating group) is 1. The molecule has 1 N–H and O–H groups in total. The Kier molecular flexibility index (Phi) is 5.76. The highest BCUT2D eigenvalue weighted by Crippen LogP contribution is 2.36. The molecule has 2 atom stereocenters. The summed E-state index contributed by atoms with van der Waals surface area (Å²) in [6.07, 6.45) is -3.29. The molecule has 0 amide bonds. The zero-order valence-electron chi connectivity index (χ0n) is 11.4. The largest absolute Gasteiger partial charge is 0.443 e. The molecule has 1 rings (SSSR count). The van der Waals surface area contributed by atoms with Crippen molar-refractivity contribution in [2.24, 2.45) is 5.92 Å². The molecule has 0 saturated carbocycles. The summed E-state index contributed by atoms with van der Waals surface area (Å²) in [5.74, 6) is 0.189. The van der Waals surface area contributed by atoms with Gasteiger partial charge in [-0.2, -0.15) is 13.2 Å². The van der Waals surface area contributed by atoms with Crippen LogP contribution in [-0.4, -0.2) is 24.7 Å². The van der Waals surface area contributed by atoms with Gasteiger partial charge in [0, 0.05) is 17.7 Å². The predicted molar refractivity (Wildman–Crippen MR) is 69.2 cm³/mol.